The second-order valence-corrected chi connectivity index (χ2v) is 12.4. The molecule has 5 atom stereocenters. The molecule has 2 fully saturated rings. The SMILES string of the molecule is CC(=O)OCC(=O)[C@@]1(OC(=O)c2cccc(I)c2)CC[C@H]2[C@@H]3CCC4=CC(=O)C=C[C@]4(C)C3=CC[C@@]21C. The number of benzene rings is 1. The van der Waals surface area contributed by atoms with E-state index in [2.05, 4.69) is 42.5 Å². The number of ketones is 2. The van der Waals surface area contributed by atoms with Gasteiger partial charge in [-0.05, 0) is 104 Å². The fourth-order valence-corrected chi connectivity index (χ4v) is 7.86. The Labute approximate surface area is 230 Å². The van der Waals surface area contributed by atoms with E-state index in [1.165, 1.54) is 12.5 Å². The van der Waals surface area contributed by atoms with Crippen LogP contribution < -0.4 is 0 Å². The molecule has 0 spiro atoms. The highest BCUT2D eigenvalue weighted by Crippen LogP contribution is 2.66. The fraction of sp³-hybridized carbons (Fsp3) is 0.467. The summed E-state index contributed by atoms with van der Waals surface area (Å²) in [5.74, 6) is -1.10. The number of ether oxygens (including phenoxy) is 2. The van der Waals surface area contributed by atoms with E-state index in [1.807, 2.05) is 12.1 Å². The van der Waals surface area contributed by atoms with Crippen molar-refractivity contribution in [2.24, 2.45) is 22.7 Å². The van der Waals surface area contributed by atoms with Crippen molar-refractivity contribution in [1.82, 2.24) is 0 Å². The Morgan fingerprint density at radius 3 is 2.68 bits per heavy atom. The number of carbonyl (C=O) groups is 4. The Bertz CT molecular complexity index is 1290. The largest absolute Gasteiger partial charge is 0.458 e. The summed E-state index contributed by atoms with van der Waals surface area (Å²) in [6, 6.07) is 7.11. The molecule has 0 N–H and O–H groups in total. The van der Waals surface area contributed by atoms with Gasteiger partial charge in [0.1, 0.15) is 0 Å². The zero-order chi connectivity index (χ0) is 26.6. The van der Waals surface area contributed by atoms with E-state index in [1.54, 1.807) is 30.4 Å². The normalized spacial score (nSPS) is 33.9. The first kappa shape index (κ1) is 26.1. The molecule has 1 aromatic carbocycles. The second-order valence-electron chi connectivity index (χ2n) is 11.1. The Hall–Kier alpha value is -2.55. The molecule has 1 aromatic rings. The van der Waals surface area contributed by atoms with Gasteiger partial charge in [-0.15, -0.1) is 0 Å². The lowest BCUT2D eigenvalue weighted by Crippen LogP contribution is -2.58. The van der Waals surface area contributed by atoms with Gasteiger partial charge in [0.25, 0.3) is 0 Å². The summed E-state index contributed by atoms with van der Waals surface area (Å²) in [7, 11) is 0. The Morgan fingerprint density at radius 2 is 1.95 bits per heavy atom. The van der Waals surface area contributed by atoms with Crippen LogP contribution in [0.1, 0.15) is 63.2 Å². The third kappa shape index (κ3) is 4.14. The van der Waals surface area contributed by atoms with E-state index in [-0.39, 0.29) is 28.8 Å². The molecule has 0 amide bonds. The Kier molecular flexibility index (Phi) is 6.57. The molecule has 0 heterocycles. The van der Waals surface area contributed by atoms with Crippen LogP contribution in [0.2, 0.25) is 0 Å². The molecule has 0 unspecified atom stereocenters. The standard InChI is InChI=1S/C30H31IO6/c1-18(32)36-17-26(34)30(37-27(35)19-5-4-6-21(31)15-19)14-11-25-23-8-7-20-16-22(33)9-12-28(20,2)24(23)10-13-29(25,30)3/h4-6,9-10,12,15-16,23,25H,7-8,11,13-14,17H2,1-3H3/t23-,25+,28+,29+,30+/m1/s1. The first-order valence-electron chi connectivity index (χ1n) is 12.8. The number of halogens is 1. The number of fused-ring (bicyclic) bond motifs is 5. The number of carbonyl (C=O) groups excluding carboxylic acids is 4. The summed E-state index contributed by atoms with van der Waals surface area (Å²) in [5, 5.41) is 0. The maximum atomic E-state index is 13.8. The van der Waals surface area contributed by atoms with Crippen molar-refractivity contribution in [1.29, 1.82) is 0 Å². The highest BCUT2D eigenvalue weighted by Gasteiger charge is 2.67. The molecule has 2 saturated carbocycles. The van der Waals surface area contributed by atoms with Crippen molar-refractivity contribution in [2.75, 3.05) is 6.61 Å². The maximum Gasteiger partial charge on any atom is 0.339 e. The molecule has 4 aliphatic carbocycles. The highest BCUT2D eigenvalue weighted by molar-refractivity contribution is 14.1. The van der Waals surface area contributed by atoms with Crippen molar-refractivity contribution in [3.8, 4) is 0 Å². The first-order chi connectivity index (χ1) is 17.5. The van der Waals surface area contributed by atoms with Gasteiger partial charge in [0.15, 0.2) is 18.0 Å². The van der Waals surface area contributed by atoms with Gasteiger partial charge in [-0.1, -0.05) is 36.3 Å². The molecule has 194 valence electrons. The van der Waals surface area contributed by atoms with Gasteiger partial charge < -0.3 is 9.47 Å². The molecule has 0 aliphatic heterocycles. The predicted molar refractivity (Wildman–Crippen MR) is 146 cm³/mol. The molecule has 0 bridgehead atoms. The monoisotopic (exact) mass is 614 g/mol. The topological polar surface area (TPSA) is 86.7 Å². The molecule has 5 rings (SSSR count). The van der Waals surface area contributed by atoms with E-state index in [9.17, 15) is 19.2 Å². The minimum atomic E-state index is -1.40. The Morgan fingerprint density at radius 1 is 1.16 bits per heavy atom. The summed E-state index contributed by atoms with van der Waals surface area (Å²) in [6.07, 6.45) is 11.0. The molecular weight excluding hydrogens is 583 g/mol. The van der Waals surface area contributed by atoms with Crippen LogP contribution in [0.5, 0.6) is 0 Å². The van der Waals surface area contributed by atoms with Crippen LogP contribution in [-0.4, -0.2) is 35.7 Å². The minimum absolute atomic E-state index is 0.0330. The molecule has 37 heavy (non-hydrogen) atoms. The lowest BCUT2D eigenvalue weighted by atomic mass is 9.51. The van der Waals surface area contributed by atoms with Gasteiger partial charge in [0.05, 0.1) is 5.56 Å². The van der Waals surface area contributed by atoms with Gasteiger partial charge in [0.2, 0.25) is 5.78 Å². The lowest BCUT2D eigenvalue weighted by Gasteiger charge is -2.54. The van der Waals surface area contributed by atoms with E-state index < -0.39 is 29.6 Å². The number of allylic oxidation sites excluding steroid dienone is 6. The van der Waals surface area contributed by atoms with Gasteiger partial charge in [-0.3, -0.25) is 14.4 Å². The second kappa shape index (κ2) is 9.33. The van der Waals surface area contributed by atoms with E-state index in [4.69, 9.17) is 9.47 Å². The highest BCUT2D eigenvalue weighted by atomic mass is 127. The van der Waals surface area contributed by atoms with Gasteiger partial charge in [0, 0.05) is 21.3 Å². The van der Waals surface area contributed by atoms with Gasteiger partial charge >= 0.3 is 11.9 Å². The molecule has 0 saturated heterocycles. The van der Waals surface area contributed by atoms with Crippen LogP contribution in [0.25, 0.3) is 0 Å². The summed E-state index contributed by atoms with van der Waals surface area (Å²) in [4.78, 5) is 50.9. The van der Waals surface area contributed by atoms with Crippen molar-refractivity contribution < 1.29 is 28.7 Å². The summed E-state index contributed by atoms with van der Waals surface area (Å²) in [5.41, 5.74) is 0.477. The quantitative estimate of drug-likeness (QED) is 0.246. The average Bonchev–Trinajstić information content (AvgIpc) is 3.16. The molecule has 0 aromatic heterocycles. The van der Waals surface area contributed by atoms with Crippen LogP contribution >= 0.6 is 22.6 Å². The smallest absolute Gasteiger partial charge is 0.339 e. The van der Waals surface area contributed by atoms with E-state index >= 15 is 0 Å². The first-order valence-corrected chi connectivity index (χ1v) is 13.9. The lowest BCUT2D eigenvalue weighted by molar-refractivity contribution is -0.163. The van der Waals surface area contributed by atoms with E-state index in [0.29, 0.717) is 18.4 Å². The van der Waals surface area contributed by atoms with Crippen molar-refractivity contribution in [3.63, 3.8) is 0 Å². The number of Topliss-reactive ketones (excluding diaryl/α,β-unsaturated/α-hetero) is 1. The van der Waals surface area contributed by atoms with Crippen LogP contribution in [0, 0.1) is 26.2 Å². The summed E-state index contributed by atoms with van der Waals surface area (Å²) < 4.78 is 12.3. The number of rotatable bonds is 5. The molecular formula is C30H31IO6. The van der Waals surface area contributed by atoms with Crippen LogP contribution in [0.15, 0.2) is 59.7 Å². The number of hydrogen-bond donors (Lipinski definition) is 0. The van der Waals surface area contributed by atoms with Crippen LogP contribution in [0.4, 0.5) is 0 Å². The fourth-order valence-electron chi connectivity index (χ4n) is 7.32. The zero-order valence-electron chi connectivity index (χ0n) is 21.3. The summed E-state index contributed by atoms with van der Waals surface area (Å²) in [6.45, 7) is 5.07. The molecule has 0 radical (unpaired) electrons. The third-order valence-electron chi connectivity index (χ3n) is 9.25. The van der Waals surface area contributed by atoms with Crippen molar-refractivity contribution in [3.05, 3.63) is 68.8 Å². The average molecular weight is 614 g/mol. The van der Waals surface area contributed by atoms with Crippen molar-refractivity contribution >= 4 is 46.1 Å². The Balaban J connectivity index is 1.54. The van der Waals surface area contributed by atoms with E-state index in [0.717, 1.165) is 28.4 Å². The zero-order valence-corrected chi connectivity index (χ0v) is 23.5. The van der Waals surface area contributed by atoms with Crippen LogP contribution in [0.3, 0.4) is 0 Å². The maximum absolute atomic E-state index is 13.8. The summed E-state index contributed by atoms with van der Waals surface area (Å²) >= 11 is 2.14. The minimum Gasteiger partial charge on any atom is -0.458 e. The molecule has 4 aliphatic rings. The van der Waals surface area contributed by atoms with Crippen LogP contribution in [-0.2, 0) is 23.9 Å². The van der Waals surface area contributed by atoms with Crippen molar-refractivity contribution in [2.45, 2.75) is 58.5 Å². The molecule has 7 heteroatoms. The number of esters is 2. The van der Waals surface area contributed by atoms with Gasteiger partial charge in [-0.2, -0.15) is 0 Å². The number of hydrogen-bond acceptors (Lipinski definition) is 6. The molecule has 6 nitrogen and oxygen atoms in total. The predicted octanol–water partition coefficient (Wildman–Crippen LogP) is 5.55. The third-order valence-corrected chi connectivity index (χ3v) is 9.92. The van der Waals surface area contributed by atoms with Gasteiger partial charge in [-0.25, -0.2) is 4.79 Å².